The molecule has 10 nitrogen and oxygen atoms in total. The van der Waals surface area contributed by atoms with Gasteiger partial charge in [-0.05, 0) is 55.8 Å². The molecule has 1 aromatic carbocycles. The maximum absolute atomic E-state index is 5.40. The van der Waals surface area contributed by atoms with Crippen LogP contribution in [-0.4, -0.2) is 65.2 Å². The third kappa shape index (κ3) is 6.42. The highest BCUT2D eigenvalue weighted by Gasteiger charge is 2.12. The van der Waals surface area contributed by atoms with Gasteiger partial charge in [-0.25, -0.2) is 0 Å². The second kappa shape index (κ2) is 11.3. The molecule has 1 fully saturated rings. The number of benzene rings is 1. The summed E-state index contributed by atoms with van der Waals surface area (Å²) in [6, 6.07) is 9.46. The third-order valence-electron chi connectivity index (χ3n) is 5.38. The number of hydrogen-bond donors (Lipinski definition) is 3. The Morgan fingerprint density at radius 3 is 2.27 bits per heavy atom. The van der Waals surface area contributed by atoms with Crippen molar-refractivity contribution in [3.8, 4) is 11.5 Å². The lowest BCUT2D eigenvalue weighted by Crippen LogP contribution is -2.26. The lowest BCUT2D eigenvalue weighted by atomic mass is 10.3. The van der Waals surface area contributed by atoms with Gasteiger partial charge in [0.15, 0.2) is 11.5 Å². The SMILES string of the molecule is COc1ccc(Nc2nc(NCCN3CCCC3)nc(NCc3ccncc3)n2)cc1OC. The van der Waals surface area contributed by atoms with Crippen molar-refractivity contribution < 1.29 is 9.47 Å². The van der Waals surface area contributed by atoms with E-state index in [1.54, 1.807) is 26.6 Å². The summed E-state index contributed by atoms with van der Waals surface area (Å²) in [7, 11) is 3.21. The van der Waals surface area contributed by atoms with Crippen molar-refractivity contribution in [1.29, 1.82) is 0 Å². The first kappa shape index (κ1) is 22.5. The molecule has 174 valence electrons. The number of hydrogen-bond acceptors (Lipinski definition) is 10. The first-order chi connectivity index (χ1) is 16.2. The van der Waals surface area contributed by atoms with Crippen molar-refractivity contribution in [2.45, 2.75) is 19.4 Å². The molecule has 1 aliphatic heterocycles. The minimum atomic E-state index is 0.429. The molecule has 2 aromatic heterocycles. The second-order valence-corrected chi connectivity index (χ2v) is 7.69. The van der Waals surface area contributed by atoms with Gasteiger partial charge in [0.1, 0.15) is 0 Å². The Labute approximate surface area is 193 Å². The van der Waals surface area contributed by atoms with E-state index in [1.807, 2.05) is 30.3 Å². The molecule has 10 heteroatoms. The predicted octanol–water partition coefficient (Wildman–Crippen LogP) is 3.15. The van der Waals surface area contributed by atoms with Crippen LogP contribution in [0.3, 0.4) is 0 Å². The van der Waals surface area contributed by atoms with Gasteiger partial charge in [-0.2, -0.15) is 15.0 Å². The van der Waals surface area contributed by atoms with Crippen LogP contribution in [0.4, 0.5) is 23.5 Å². The molecule has 0 radical (unpaired) electrons. The van der Waals surface area contributed by atoms with Crippen molar-refractivity contribution in [3.63, 3.8) is 0 Å². The van der Waals surface area contributed by atoms with E-state index in [1.165, 1.54) is 12.8 Å². The Morgan fingerprint density at radius 1 is 0.848 bits per heavy atom. The number of likely N-dealkylation sites (tertiary alicyclic amines) is 1. The second-order valence-electron chi connectivity index (χ2n) is 7.69. The van der Waals surface area contributed by atoms with Crippen molar-refractivity contribution in [2.75, 3.05) is 56.3 Å². The molecule has 3 aromatic rings. The molecule has 0 amide bonds. The molecule has 3 heterocycles. The number of nitrogens with zero attached hydrogens (tertiary/aromatic N) is 5. The van der Waals surface area contributed by atoms with E-state index in [0.29, 0.717) is 35.9 Å². The van der Waals surface area contributed by atoms with Gasteiger partial charge in [-0.1, -0.05) is 0 Å². The molecule has 33 heavy (non-hydrogen) atoms. The smallest absolute Gasteiger partial charge is 0.233 e. The van der Waals surface area contributed by atoms with Crippen LogP contribution in [0.2, 0.25) is 0 Å². The van der Waals surface area contributed by atoms with Crippen molar-refractivity contribution in [1.82, 2.24) is 24.8 Å². The van der Waals surface area contributed by atoms with Crippen LogP contribution < -0.4 is 25.4 Å². The van der Waals surface area contributed by atoms with Crippen LogP contribution in [0.5, 0.6) is 11.5 Å². The standard InChI is InChI=1S/C23H30N8O2/c1-32-19-6-5-18(15-20(19)33-2)27-23-29-21(25-11-14-31-12-3-4-13-31)28-22(30-23)26-16-17-7-9-24-10-8-17/h5-10,15H,3-4,11-14,16H2,1-2H3,(H3,25,26,27,28,29,30). The monoisotopic (exact) mass is 450 g/mol. The highest BCUT2D eigenvalue weighted by molar-refractivity contribution is 5.61. The van der Waals surface area contributed by atoms with Crippen LogP contribution in [-0.2, 0) is 6.54 Å². The summed E-state index contributed by atoms with van der Waals surface area (Å²) in [6.07, 6.45) is 6.07. The van der Waals surface area contributed by atoms with Gasteiger partial charge in [-0.15, -0.1) is 0 Å². The van der Waals surface area contributed by atoms with E-state index in [4.69, 9.17) is 9.47 Å². The van der Waals surface area contributed by atoms with Crippen LogP contribution in [0.15, 0.2) is 42.7 Å². The molecule has 0 spiro atoms. The number of methoxy groups -OCH3 is 2. The number of pyridine rings is 1. The fourth-order valence-electron chi connectivity index (χ4n) is 3.65. The molecule has 0 aliphatic carbocycles. The summed E-state index contributed by atoms with van der Waals surface area (Å²) in [5.74, 6) is 2.70. The van der Waals surface area contributed by atoms with Gasteiger partial charge in [0.2, 0.25) is 17.8 Å². The van der Waals surface area contributed by atoms with E-state index in [0.717, 1.165) is 37.4 Å². The van der Waals surface area contributed by atoms with Crippen LogP contribution in [0.1, 0.15) is 18.4 Å². The van der Waals surface area contributed by atoms with Gasteiger partial charge in [-0.3, -0.25) is 4.98 Å². The fourth-order valence-corrected chi connectivity index (χ4v) is 3.65. The van der Waals surface area contributed by atoms with Gasteiger partial charge >= 0.3 is 0 Å². The van der Waals surface area contributed by atoms with E-state index in [2.05, 4.69) is 40.8 Å². The molecule has 4 rings (SSSR count). The zero-order chi connectivity index (χ0) is 22.9. The number of aromatic nitrogens is 4. The van der Waals surface area contributed by atoms with Gasteiger partial charge in [0.05, 0.1) is 14.2 Å². The molecule has 3 N–H and O–H groups in total. The zero-order valence-electron chi connectivity index (χ0n) is 19.0. The fraction of sp³-hybridized carbons (Fsp3) is 0.391. The number of nitrogens with one attached hydrogen (secondary N) is 3. The highest BCUT2D eigenvalue weighted by Crippen LogP contribution is 2.30. The van der Waals surface area contributed by atoms with Crippen LogP contribution in [0.25, 0.3) is 0 Å². The van der Waals surface area contributed by atoms with Gasteiger partial charge < -0.3 is 30.3 Å². The van der Waals surface area contributed by atoms with Gasteiger partial charge in [0.25, 0.3) is 0 Å². The van der Waals surface area contributed by atoms with E-state index >= 15 is 0 Å². The summed E-state index contributed by atoms with van der Waals surface area (Å²) >= 11 is 0. The summed E-state index contributed by atoms with van der Waals surface area (Å²) in [5.41, 5.74) is 1.87. The lowest BCUT2D eigenvalue weighted by molar-refractivity contribution is 0.352. The lowest BCUT2D eigenvalue weighted by Gasteiger charge is -2.16. The minimum absolute atomic E-state index is 0.429. The molecule has 0 unspecified atom stereocenters. The highest BCUT2D eigenvalue weighted by atomic mass is 16.5. The first-order valence-electron chi connectivity index (χ1n) is 11.1. The Balaban J connectivity index is 1.49. The molecule has 0 saturated carbocycles. The van der Waals surface area contributed by atoms with E-state index < -0.39 is 0 Å². The summed E-state index contributed by atoms with van der Waals surface area (Å²) in [4.78, 5) is 20.2. The van der Waals surface area contributed by atoms with Gasteiger partial charge in [0, 0.05) is 43.8 Å². The molecular formula is C23H30N8O2. The Bertz CT molecular complexity index is 1030. The molecular weight excluding hydrogens is 420 g/mol. The third-order valence-corrected chi connectivity index (χ3v) is 5.38. The number of rotatable bonds is 11. The maximum Gasteiger partial charge on any atom is 0.233 e. The molecule has 1 saturated heterocycles. The van der Waals surface area contributed by atoms with Crippen molar-refractivity contribution in [2.24, 2.45) is 0 Å². The minimum Gasteiger partial charge on any atom is -0.493 e. The summed E-state index contributed by atoms with van der Waals surface area (Å²) < 4.78 is 10.7. The zero-order valence-corrected chi connectivity index (χ0v) is 19.0. The Morgan fingerprint density at radius 2 is 1.55 bits per heavy atom. The van der Waals surface area contributed by atoms with Crippen LogP contribution >= 0.6 is 0 Å². The summed E-state index contributed by atoms with van der Waals surface area (Å²) in [6.45, 7) is 4.62. The van der Waals surface area contributed by atoms with Crippen LogP contribution in [0, 0.1) is 0 Å². The van der Waals surface area contributed by atoms with E-state index in [-0.39, 0.29) is 0 Å². The number of ether oxygens (including phenoxy) is 2. The average Bonchev–Trinajstić information content (AvgIpc) is 3.37. The van der Waals surface area contributed by atoms with Crippen molar-refractivity contribution in [3.05, 3.63) is 48.3 Å². The normalized spacial score (nSPS) is 13.5. The molecule has 0 bridgehead atoms. The summed E-state index contributed by atoms with van der Waals surface area (Å²) in [5, 5.41) is 9.86. The molecule has 1 aliphatic rings. The predicted molar refractivity (Wildman–Crippen MR) is 128 cm³/mol. The van der Waals surface area contributed by atoms with E-state index in [9.17, 15) is 0 Å². The Kier molecular flexibility index (Phi) is 7.70. The maximum atomic E-state index is 5.40. The molecule has 0 atom stereocenters. The first-order valence-corrected chi connectivity index (χ1v) is 11.1. The Hall–Kier alpha value is -3.66. The average molecular weight is 451 g/mol. The topological polar surface area (TPSA) is 109 Å². The quantitative estimate of drug-likeness (QED) is 0.403. The largest absolute Gasteiger partial charge is 0.493 e. The van der Waals surface area contributed by atoms with Crippen molar-refractivity contribution >= 4 is 23.5 Å². The number of anilines is 4.